The Bertz CT molecular complexity index is 1040. The molecule has 0 aliphatic carbocycles. The average Bonchev–Trinajstić information content (AvgIpc) is 2.89. The molecule has 6 nitrogen and oxygen atoms in total. The van der Waals surface area contributed by atoms with Crippen molar-refractivity contribution in [3.63, 3.8) is 0 Å². The molecular weight excluding hydrogens is 423 g/mol. The summed E-state index contributed by atoms with van der Waals surface area (Å²) in [4.78, 5) is 30.1. The van der Waals surface area contributed by atoms with Gasteiger partial charge >= 0.3 is 5.97 Å². The summed E-state index contributed by atoms with van der Waals surface area (Å²) >= 11 is 13.0. The molecule has 144 valence electrons. The fraction of sp³-hybridized carbons (Fsp3) is 0.105. The first-order chi connectivity index (χ1) is 13.2. The minimum Gasteiger partial charge on any atom is -0.505 e. The lowest BCUT2D eigenvalue weighted by atomic mass is 10.1. The van der Waals surface area contributed by atoms with Crippen LogP contribution in [0.25, 0.3) is 6.08 Å². The van der Waals surface area contributed by atoms with E-state index in [2.05, 4.69) is 4.99 Å². The van der Waals surface area contributed by atoms with Crippen LogP contribution in [0.3, 0.4) is 0 Å². The third kappa shape index (κ3) is 3.87. The molecule has 3 rings (SSSR count). The number of amides is 1. The number of carboxylic acids is 1. The Morgan fingerprint density at radius 1 is 1.25 bits per heavy atom. The summed E-state index contributed by atoms with van der Waals surface area (Å²) in [6.45, 7) is 1.67. The zero-order valence-corrected chi connectivity index (χ0v) is 17.1. The van der Waals surface area contributed by atoms with Crippen molar-refractivity contribution in [2.24, 2.45) is 4.99 Å². The molecule has 0 saturated carbocycles. The monoisotopic (exact) mass is 436 g/mol. The summed E-state index contributed by atoms with van der Waals surface area (Å²) < 4.78 is 0. The molecule has 0 spiro atoms. The van der Waals surface area contributed by atoms with Gasteiger partial charge in [-0.1, -0.05) is 29.3 Å². The largest absolute Gasteiger partial charge is 0.505 e. The van der Waals surface area contributed by atoms with Gasteiger partial charge in [0.15, 0.2) is 10.9 Å². The van der Waals surface area contributed by atoms with Crippen molar-refractivity contribution < 1.29 is 19.8 Å². The topological polar surface area (TPSA) is 90.2 Å². The van der Waals surface area contributed by atoms with E-state index in [4.69, 9.17) is 23.2 Å². The molecule has 2 aromatic rings. The van der Waals surface area contributed by atoms with Crippen molar-refractivity contribution in [2.75, 3.05) is 7.05 Å². The number of benzene rings is 2. The van der Waals surface area contributed by atoms with Crippen molar-refractivity contribution in [1.82, 2.24) is 4.90 Å². The first kappa shape index (κ1) is 20.3. The summed E-state index contributed by atoms with van der Waals surface area (Å²) in [7, 11) is 1.59. The van der Waals surface area contributed by atoms with E-state index in [0.29, 0.717) is 26.9 Å². The Kier molecular flexibility index (Phi) is 5.69. The fourth-order valence-electron chi connectivity index (χ4n) is 2.55. The van der Waals surface area contributed by atoms with Gasteiger partial charge in [-0.05, 0) is 60.2 Å². The summed E-state index contributed by atoms with van der Waals surface area (Å²) in [5, 5.41) is 19.5. The number of nitrogens with zero attached hydrogens (tertiary/aromatic N) is 2. The number of amidine groups is 1. The van der Waals surface area contributed by atoms with Gasteiger partial charge in [0.05, 0.1) is 26.2 Å². The zero-order chi connectivity index (χ0) is 20.6. The molecule has 1 aliphatic rings. The molecule has 28 heavy (non-hydrogen) atoms. The lowest BCUT2D eigenvalue weighted by Gasteiger charge is -2.09. The number of aromatic hydroxyl groups is 1. The highest BCUT2D eigenvalue weighted by Crippen LogP contribution is 2.37. The Hall–Kier alpha value is -2.48. The third-order valence-electron chi connectivity index (χ3n) is 4.09. The van der Waals surface area contributed by atoms with Gasteiger partial charge in [-0.2, -0.15) is 0 Å². The van der Waals surface area contributed by atoms with Crippen LogP contribution in [0.5, 0.6) is 5.75 Å². The maximum absolute atomic E-state index is 12.6. The maximum Gasteiger partial charge on any atom is 0.336 e. The molecule has 1 amide bonds. The van der Waals surface area contributed by atoms with Gasteiger partial charge in [-0.25, -0.2) is 9.79 Å². The second-order valence-electron chi connectivity index (χ2n) is 5.96. The zero-order valence-electron chi connectivity index (χ0n) is 14.7. The SMILES string of the molecule is Cc1c(N=C2S/C(=C\c3cc(Cl)c(O)c(Cl)c3)C(=O)N2C)cccc1C(=O)O. The molecular formula is C19H14Cl2N2O4S. The Labute approximate surface area is 175 Å². The van der Waals surface area contributed by atoms with Crippen molar-refractivity contribution in [1.29, 1.82) is 0 Å². The number of halogens is 2. The highest BCUT2D eigenvalue weighted by Gasteiger charge is 2.30. The minimum atomic E-state index is -1.04. The lowest BCUT2D eigenvalue weighted by Crippen LogP contribution is -2.23. The molecule has 0 aromatic heterocycles. The minimum absolute atomic E-state index is 0.0816. The first-order valence-corrected chi connectivity index (χ1v) is 9.53. The maximum atomic E-state index is 12.6. The average molecular weight is 437 g/mol. The van der Waals surface area contributed by atoms with Gasteiger partial charge in [0, 0.05) is 7.05 Å². The quantitative estimate of drug-likeness (QED) is 0.664. The molecule has 2 N–H and O–H groups in total. The number of aromatic carboxylic acids is 1. The molecule has 9 heteroatoms. The van der Waals surface area contributed by atoms with E-state index < -0.39 is 5.97 Å². The van der Waals surface area contributed by atoms with E-state index in [9.17, 15) is 19.8 Å². The second kappa shape index (κ2) is 7.87. The van der Waals surface area contributed by atoms with E-state index in [1.54, 1.807) is 32.2 Å². The van der Waals surface area contributed by atoms with Crippen molar-refractivity contribution >= 4 is 63.8 Å². The number of phenols is 1. The molecule has 0 radical (unpaired) electrons. The number of likely N-dealkylation sites (N-methyl/N-ethyl adjacent to an activating group) is 1. The van der Waals surface area contributed by atoms with Gasteiger partial charge in [-0.15, -0.1) is 0 Å². The highest BCUT2D eigenvalue weighted by atomic mass is 35.5. The molecule has 2 aromatic carbocycles. The predicted molar refractivity (Wildman–Crippen MR) is 112 cm³/mol. The smallest absolute Gasteiger partial charge is 0.336 e. The molecule has 1 saturated heterocycles. The van der Waals surface area contributed by atoms with E-state index in [0.717, 1.165) is 11.8 Å². The van der Waals surface area contributed by atoms with Crippen molar-refractivity contribution in [3.8, 4) is 5.75 Å². The van der Waals surface area contributed by atoms with Crippen molar-refractivity contribution in [3.05, 3.63) is 62.0 Å². The number of rotatable bonds is 3. The van der Waals surface area contributed by atoms with Gasteiger partial charge < -0.3 is 10.2 Å². The van der Waals surface area contributed by atoms with Gasteiger partial charge in [-0.3, -0.25) is 9.69 Å². The van der Waals surface area contributed by atoms with Crippen LogP contribution in [0.15, 0.2) is 40.2 Å². The molecule has 0 atom stereocenters. The Balaban J connectivity index is 1.97. The summed E-state index contributed by atoms with van der Waals surface area (Å²) in [5.74, 6) is -1.52. The van der Waals surface area contributed by atoms with Crippen LogP contribution in [0.4, 0.5) is 5.69 Å². The summed E-state index contributed by atoms with van der Waals surface area (Å²) in [6, 6.07) is 7.80. The van der Waals surface area contributed by atoms with Crippen LogP contribution in [0.1, 0.15) is 21.5 Å². The number of carboxylic acid groups (broad SMARTS) is 1. The van der Waals surface area contributed by atoms with Crippen LogP contribution in [0.2, 0.25) is 10.0 Å². The standard InChI is InChI=1S/C19H14Cl2N2O4S/c1-9-11(18(26)27)4-3-5-14(9)22-19-23(2)17(25)15(28-19)8-10-6-12(20)16(24)13(21)7-10/h3-8,24H,1-2H3,(H,26,27)/b15-8-,22-19?. The van der Waals surface area contributed by atoms with Gasteiger partial charge in [0.25, 0.3) is 5.91 Å². The highest BCUT2D eigenvalue weighted by molar-refractivity contribution is 8.18. The predicted octanol–water partition coefficient (Wildman–Crippen LogP) is 4.94. The molecule has 0 bridgehead atoms. The molecule has 1 fully saturated rings. The number of carbonyl (C=O) groups is 2. The van der Waals surface area contributed by atoms with E-state index in [1.807, 2.05) is 0 Å². The van der Waals surface area contributed by atoms with Crippen LogP contribution in [-0.2, 0) is 4.79 Å². The lowest BCUT2D eigenvalue weighted by molar-refractivity contribution is -0.121. The first-order valence-electron chi connectivity index (χ1n) is 7.96. The van der Waals surface area contributed by atoms with Crippen LogP contribution in [0, 0.1) is 6.92 Å². The number of carbonyl (C=O) groups excluding carboxylic acids is 1. The van der Waals surface area contributed by atoms with E-state index >= 15 is 0 Å². The van der Waals surface area contributed by atoms with E-state index in [-0.39, 0.29) is 27.3 Å². The fourth-order valence-corrected chi connectivity index (χ4v) is 4.03. The van der Waals surface area contributed by atoms with E-state index in [1.165, 1.54) is 23.1 Å². The number of hydrogen-bond acceptors (Lipinski definition) is 5. The van der Waals surface area contributed by atoms with Crippen LogP contribution >= 0.6 is 35.0 Å². The Morgan fingerprint density at radius 3 is 2.50 bits per heavy atom. The number of aliphatic imine (C=N–C) groups is 1. The van der Waals surface area contributed by atoms with Gasteiger partial charge in [0.2, 0.25) is 0 Å². The third-order valence-corrected chi connectivity index (χ3v) is 5.73. The van der Waals surface area contributed by atoms with Gasteiger partial charge in [0.1, 0.15) is 0 Å². The molecule has 1 heterocycles. The number of thioether (sulfide) groups is 1. The number of phenolic OH excluding ortho intramolecular Hbond substituents is 1. The number of hydrogen-bond donors (Lipinski definition) is 2. The van der Waals surface area contributed by atoms with Crippen LogP contribution < -0.4 is 0 Å². The second-order valence-corrected chi connectivity index (χ2v) is 7.78. The summed E-state index contributed by atoms with van der Waals surface area (Å²) in [6.07, 6.45) is 1.60. The summed E-state index contributed by atoms with van der Waals surface area (Å²) in [5.41, 5.74) is 1.70. The Morgan fingerprint density at radius 2 is 1.89 bits per heavy atom. The van der Waals surface area contributed by atoms with Crippen LogP contribution in [-0.4, -0.2) is 39.2 Å². The molecule has 0 unspecified atom stereocenters. The normalized spacial score (nSPS) is 17.0. The van der Waals surface area contributed by atoms with Crippen molar-refractivity contribution in [2.45, 2.75) is 6.92 Å². The molecule has 1 aliphatic heterocycles.